The van der Waals surface area contributed by atoms with Crippen molar-refractivity contribution >= 4 is 40.3 Å². The standard InChI is InChI=1S/C24H21Cl2F2N5O/c25-16-2-1-3-17(26)21(16)23-31-20-12-30-24(29-11-15-4-5-18(27)19(28)10-15)32-22(20)33(23)13-14-6-8-34-9-7-14/h1-5,10,12,14H,6-9,11,13H2,(H,29,30,32). The summed E-state index contributed by atoms with van der Waals surface area (Å²) >= 11 is 13.0. The van der Waals surface area contributed by atoms with Crippen molar-refractivity contribution in [1.29, 1.82) is 0 Å². The number of rotatable bonds is 6. The predicted octanol–water partition coefficient (Wildman–Crippen LogP) is 6.12. The topological polar surface area (TPSA) is 64.9 Å². The Morgan fingerprint density at radius 3 is 2.53 bits per heavy atom. The molecule has 1 aliphatic heterocycles. The van der Waals surface area contributed by atoms with Gasteiger partial charge in [0.15, 0.2) is 17.3 Å². The van der Waals surface area contributed by atoms with Crippen molar-refractivity contribution in [3.8, 4) is 11.4 Å². The monoisotopic (exact) mass is 503 g/mol. The van der Waals surface area contributed by atoms with Gasteiger partial charge in [-0.05, 0) is 48.6 Å². The second kappa shape index (κ2) is 9.82. The maximum absolute atomic E-state index is 13.5. The number of nitrogens with zero attached hydrogens (tertiary/aromatic N) is 4. The molecule has 1 fully saturated rings. The van der Waals surface area contributed by atoms with Gasteiger partial charge in [-0.25, -0.2) is 18.7 Å². The molecule has 4 aromatic rings. The Hall–Kier alpha value is -2.81. The van der Waals surface area contributed by atoms with Crippen LogP contribution in [0.25, 0.3) is 22.6 Å². The highest BCUT2D eigenvalue weighted by molar-refractivity contribution is 6.39. The summed E-state index contributed by atoms with van der Waals surface area (Å²) in [7, 11) is 0. The number of ether oxygens (including phenoxy) is 1. The first-order chi connectivity index (χ1) is 16.5. The minimum absolute atomic E-state index is 0.236. The smallest absolute Gasteiger partial charge is 0.225 e. The number of halogens is 4. The molecule has 0 radical (unpaired) electrons. The van der Waals surface area contributed by atoms with Crippen LogP contribution < -0.4 is 5.32 Å². The van der Waals surface area contributed by atoms with Gasteiger partial charge in [-0.3, -0.25) is 0 Å². The highest BCUT2D eigenvalue weighted by Gasteiger charge is 2.23. The quantitative estimate of drug-likeness (QED) is 0.343. The molecule has 0 atom stereocenters. The van der Waals surface area contributed by atoms with Crippen molar-refractivity contribution < 1.29 is 13.5 Å². The largest absolute Gasteiger partial charge is 0.381 e. The summed E-state index contributed by atoms with van der Waals surface area (Å²) in [6, 6.07) is 9.10. The van der Waals surface area contributed by atoms with Crippen molar-refractivity contribution in [2.45, 2.75) is 25.9 Å². The van der Waals surface area contributed by atoms with Crippen LogP contribution in [0, 0.1) is 17.6 Å². The molecular weight excluding hydrogens is 483 g/mol. The maximum Gasteiger partial charge on any atom is 0.225 e. The fourth-order valence-electron chi connectivity index (χ4n) is 4.10. The Balaban J connectivity index is 1.52. The summed E-state index contributed by atoms with van der Waals surface area (Å²) in [5, 5.41) is 4.08. The number of hydrogen-bond acceptors (Lipinski definition) is 5. The van der Waals surface area contributed by atoms with Gasteiger partial charge in [-0.15, -0.1) is 0 Å². The normalized spacial score (nSPS) is 14.6. The van der Waals surface area contributed by atoms with E-state index in [-0.39, 0.29) is 6.54 Å². The van der Waals surface area contributed by atoms with Gasteiger partial charge < -0.3 is 14.6 Å². The Kier molecular flexibility index (Phi) is 6.63. The highest BCUT2D eigenvalue weighted by Crippen LogP contribution is 2.36. The van der Waals surface area contributed by atoms with E-state index in [1.54, 1.807) is 24.4 Å². The summed E-state index contributed by atoms with van der Waals surface area (Å²) in [6.45, 7) is 2.35. The molecule has 176 valence electrons. The van der Waals surface area contributed by atoms with Crippen LogP contribution in [0.15, 0.2) is 42.6 Å². The van der Waals surface area contributed by atoms with Crippen LogP contribution in [0.1, 0.15) is 18.4 Å². The van der Waals surface area contributed by atoms with E-state index in [1.165, 1.54) is 6.07 Å². The molecule has 10 heteroatoms. The summed E-state index contributed by atoms with van der Waals surface area (Å²) in [6.07, 6.45) is 3.49. The SMILES string of the molecule is Fc1ccc(CNc2ncc3nc(-c4c(Cl)cccc4Cl)n(CC4CCOCC4)c3n2)cc1F. The Morgan fingerprint density at radius 1 is 1.03 bits per heavy atom. The number of hydrogen-bond donors (Lipinski definition) is 1. The van der Waals surface area contributed by atoms with E-state index in [1.807, 2.05) is 4.57 Å². The van der Waals surface area contributed by atoms with Crippen LogP contribution in [0.5, 0.6) is 0 Å². The molecular formula is C24H21Cl2F2N5O. The molecule has 1 aliphatic rings. The molecule has 2 aromatic heterocycles. The Bertz CT molecular complexity index is 1320. The third-order valence-electron chi connectivity index (χ3n) is 5.89. The lowest BCUT2D eigenvalue weighted by molar-refractivity contribution is 0.0617. The Labute approximate surface area is 204 Å². The number of benzene rings is 2. The number of anilines is 1. The van der Waals surface area contributed by atoms with Gasteiger partial charge in [0.25, 0.3) is 0 Å². The molecule has 3 heterocycles. The summed E-state index contributed by atoms with van der Waals surface area (Å²) in [4.78, 5) is 13.8. The first kappa shape index (κ1) is 23.0. The number of nitrogens with one attached hydrogen (secondary N) is 1. The zero-order valence-electron chi connectivity index (χ0n) is 18.1. The predicted molar refractivity (Wildman–Crippen MR) is 128 cm³/mol. The number of aromatic nitrogens is 4. The average molecular weight is 504 g/mol. The van der Waals surface area contributed by atoms with Crippen LogP contribution in [-0.4, -0.2) is 32.7 Å². The maximum atomic E-state index is 13.5. The highest BCUT2D eigenvalue weighted by atomic mass is 35.5. The van der Waals surface area contributed by atoms with E-state index >= 15 is 0 Å². The number of fused-ring (bicyclic) bond motifs is 1. The molecule has 6 nitrogen and oxygen atoms in total. The second-order valence-electron chi connectivity index (χ2n) is 8.20. The molecule has 5 rings (SSSR count). The molecule has 0 spiro atoms. The molecule has 1 N–H and O–H groups in total. The lowest BCUT2D eigenvalue weighted by Crippen LogP contribution is -2.21. The third kappa shape index (κ3) is 4.71. The molecule has 0 saturated carbocycles. The average Bonchev–Trinajstić information content (AvgIpc) is 3.17. The minimum atomic E-state index is -0.897. The first-order valence-electron chi connectivity index (χ1n) is 10.9. The van der Waals surface area contributed by atoms with Gasteiger partial charge in [-0.1, -0.05) is 35.3 Å². The van der Waals surface area contributed by atoms with Crippen molar-refractivity contribution in [3.05, 3.63) is 69.8 Å². The number of imidazole rings is 1. The fraction of sp³-hybridized carbons (Fsp3) is 0.292. The van der Waals surface area contributed by atoms with Crippen molar-refractivity contribution in [2.24, 2.45) is 5.92 Å². The zero-order chi connectivity index (χ0) is 23.7. The van der Waals surface area contributed by atoms with Gasteiger partial charge in [0.2, 0.25) is 5.95 Å². The van der Waals surface area contributed by atoms with Crippen molar-refractivity contribution in [3.63, 3.8) is 0 Å². The molecule has 1 saturated heterocycles. The van der Waals surface area contributed by atoms with E-state index in [9.17, 15) is 8.78 Å². The summed E-state index contributed by atoms with van der Waals surface area (Å²) in [5.74, 6) is -0.415. The van der Waals surface area contributed by atoms with Gasteiger partial charge in [0.05, 0.1) is 21.8 Å². The van der Waals surface area contributed by atoms with E-state index in [0.717, 1.165) is 38.2 Å². The molecule has 0 aliphatic carbocycles. The molecule has 0 bridgehead atoms. The van der Waals surface area contributed by atoms with Gasteiger partial charge in [0.1, 0.15) is 11.3 Å². The second-order valence-corrected chi connectivity index (χ2v) is 9.02. The van der Waals surface area contributed by atoms with E-state index < -0.39 is 11.6 Å². The summed E-state index contributed by atoms with van der Waals surface area (Å²) < 4.78 is 34.3. The van der Waals surface area contributed by atoms with Gasteiger partial charge >= 0.3 is 0 Å². The van der Waals surface area contributed by atoms with Crippen LogP contribution in [0.3, 0.4) is 0 Å². The van der Waals surface area contributed by atoms with Crippen molar-refractivity contribution in [1.82, 2.24) is 19.5 Å². The van der Waals surface area contributed by atoms with Crippen molar-refractivity contribution in [2.75, 3.05) is 18.5 Å². The van der Waals surface area contributed by atoms with Gasteiger partial charge in [-0.2, -0.15) is 4.98 Å². The molecule has 2 aromatic carbocycles. The van der Waals surface area contributed by atoms with E-state index in [4.69, 9.17) is 37.9 Å². The lowest BCUT2D eigenvalue weighted by atomic mass is 10.00. The molecule has 0 unspecified atom stereocenters. The minimum Gasteiger partial charge on any atom is -0.381 e. The van der Waals surface area contributed by atoms with E-state index in [2.05, 4.69) is 10.3 Å². The lowest BCUT2D eigenvalue weighted by Gasteiger charge is -2.23. The van der Waals surface area contributed by atoms with Crippen LogP contribution in [0.4, 0.5) is 14.7 Å². The van der Waals surface area contributed by atoms with Crippen LogP contribution in [-0.2, 0) is 17.8 Å². The third-order valence-corrected chi connectivity index (χ3v) is 6.52. The first-order valence-corrected chi connectivity index (χ1v) is 11.7. The van der Waals surface area contributed by atoms with Crippen LogP contribution >= 0.6 is 23.2 Å². The molecule has 0 amide bonds. The van der Waals surface area contributed by atoms with E-state index in [0.29, 0.717) is 56.6 Å². The Morgan fingerprint density at radius 2 is 1.79 bits per heavy atom. The van der Waals surface area contributed by atoms with Crippen LogP contribution in [0.2, 0.25) is 10.0 Å². The zero-order valence-corrected chi connectivity index (χ0v) is 19.6. The molecule has 34 heavy (non-hydrogen) atoms. The van der Waals surface area contributed by atoms with Gasteiger partial charge in [0, 0.05) is 26.3 Å². The summed E-state index contributed by atoms with van der Waals surface area (Å²) in [5.41, 5.74) is 2.46. The fourth-order valence-corrected chi connectivity index (χ4v) is 4.66.